The van der Waals surface area contributed by atoms with E-state index in [9.17, 15) is 0 Å². The molecule has 0 amide bonds. The molecule has 1 rings (SSSR count). The number of anilines is 1. The van der Waals surface area contributed by atoms with Gasteiger partial charge in [0.05, 0.1) is 4.47 Å². The van der Waals surface area contributed by atoms with Gasteiger partial charge >= 0.3 is 0 Å². The quantitative estimate of drug-likeness (QED) is 0.808. The van der Waals surface area contributed by atoms with Crippen LogP contribution in [0.2, 0.25) is 0 Å². The summed E-state index contributed by atoms with van der Waals surface area (Å²) in [4.78, 5) is 8.10. The molecule has 0 bridgehead atoms. The molecule has 0 aliphatic rings. The maximum Gasteiger partial charge on any atom is 0.143 e. The number of nitrogens with two attached hydrogens (primary N) is 1. The third-order valence-corrected chi connectivity index (χ3v) is 3.08. The fourth-order valence-corrected chi connectivity index (χ4v) is 2.04. The number of hydrogen-bond donors (Lipinski definition) is 2. The number of aromatic nitrogens is 2. The lowest BCUT2D eigenvalue weighted by Crippen LogP contribution is -2.18. The van der Waals surface area contributed by atoms with Crippen molar-refractivity contribution in [3.63, 3.8) is 0 Å². The molecule has 0 aliphatic carbocycles. The monoisotopic (exact) mass is 286 g/mol. The first-order valence-corrected chi connectivity index (χ1v) is 6.46. The highest BCUT2D eigenvalue weighted by Gasteiger charge is 2.08. The van der Waals surface area contributed by atoms with Gasteiger partial charge in [-0.05, 0) is 41.2 Å². The van der Waals surface area contributed by atoms with Gasteiger partial charge in [-0.25, -0.2) is 9.97 Å². The van der Waals surface area contributed by atoms with Crippen LogP contribution in [0.3, 0.4) is 0 Å². The second-order valence-electron chi connectivity index (χ2n) is 3.83. The Morgan fingerprint density at radius 3 is 2.94 bits per heavy atom. The minimum atomic E-state index is 0.622. The Morgan fingerprint density at radius 2 is 2.31 bits per heavy atom. The smallest absolute Gasteiger partial charge is 0.143 e. The van der Waals surface area contributed by atoms with Crippen LogP contribution in [-0.4, -0.2) is 23.1 Å². The second-order valence-corrected chi connectivity index (χ2v) is 4.69. The molecule has 0 saturated heterocycles. The molecule has 5 heteroatoms. The lowest BCUT2D eigenvalue weighted by atomic mass is 10.00. The summed E-state index contributed by atoms with van der Waals surface area (Å²) >= 11 is 3.41. The molecule has 1 heterocycles. The van der Waals surface area contributed by atoms with Gasteiger partial charge in [-0.15, -0.1) is 0 Å². The summed E-state index contributed by atoms with van der Waals surface area (Å²) < 4.78 is 0.901. The topological polar surface area (TPSA) is 63.8 Å². The van der Waals surface area contributed by atoms with Crippen LogP contribution in [0.1, 0.15) is 26.2 Å². The van der Waals surface area contributed by atoms with Crippen LogP contribution < -0.4 is 11.1 Å². The van der Waals surface area contributed by atoms with Crippen molar-refractivity contribution in [3.05, 3.63) is 17.0 Å². The van der Waals surface area contributed by atoms with Gasteiger partial charge in [-0.3, -0.25) is 0 Å². The molecular weight excluding hydrogens is 268 g/mol. The highest BCUT2D eigenvalue weighted by Crippen LogP contribution is 2.18. The zero-order valence-electron chi connectivity index (χ0n) is 9.62. The Labute approximate surface area is 105 Å². The Hall–Kier alpha value is -0.680. The highest BCUT2D eigenvalue weighted by atomic mass is 79.9. The molecular formula is C11H19BrN4. The van der Waals surface area contributed by atoms with E-state index in [2.05, 4.69) is 38.1 Å². The number of hydrogen-bond acceptors (Lipinski definition) is 4. The first kappa shape index (κ1) is 13.4. The van der Waals surface area contributed by atoms with E-state index in [1.54, 1.807) is 12.5 Å². The summed E-state index contributed by atoms with van der Waals surface area (Å²) in [6.45, 7) is 3.86. The third-order valence-electron chi connectivity index (χ3n) is 2.50. The zero-order chi connectivity index (χ0) is 11.8. The van der Waals surface area contributed by atoms with Crippen molar-refractivity contribution in [2.24, 2.45) is 11.7 Å². The van der Waals surface area contributed by atoms with Crippen LogP contribution >= 0.6 is 15.9 Å². The predicted molar refractivity (Wildman–Crippen MR) is 70.3 cm³/mol. The number of nitrogens with zero attached hydrogens (tertiary/aromatic N) is 2. The Balaban J connectivity index is 2.45. The maximum atomic E-state index is 5.60. The fraction of sp³-hybridized carbons (Fsp3) is 0.636. The molecule has 0 aromatic carbocycles. The van der Waals surface area contributed by atoms with Crippen molar-refractivity contribution in [1.82, 2.24) is 9.97 Å². The zero-order valence-corrected chi connectivity index (χ0v) is 11.2. The van der Waals surface area contributed by atoms with Gasteiger partial charge in [0.25, 0.3) is 0 Å². The van der Waals surface area contributed by atoms with Gasteiger partial charge in [-0.2, -0.15) is 0 Å². The summed E-state index contributed by atoms with van der Waals surface area (Å²) in [6.07, 6.45) is 6.74. The summed E-state index contributed by atoms with van der Waals surface area (Å²) in [5, 5.41) is 3.33. The predicted octanol–water partition coefficient (Wildman–Crippen LogP) is 2.42. The average molecular weight is 287 g/mol. The number of rotatable bonds is 7. The van der Waals surface area contributed by atoms with E-state index in [1.165, 1.54) is 12.8 Å². The van der Waals surface area contributed by atoms with E-state index in [0.29, 0.717) is 5.92 Å². The molecule has 4 nitrogen and oxygen atoms in total. The molecule has 1 unspecified atom stereocenters. The molecule has 1 aromatic heterocycles. The minimum absolute atomic E-state index is 0.622. The van der Waals surface area contributed by atoms with Gasteiger partial charge < -0.3 is 11.1 Å². The van der Waals surface area contributed by atoms with Crippen LogP contribution in [0.4, 0.5) is 5.82 Å². The summed E-state index contributed by atoms with van der Waals surface area (Å²) in [7, 11) is 0. The summed E-state index contributed by atoms with van der Waals surface area (Å²) in [6, 6.07) is 0. The summed E-state index contributed by atoms with van der Waals surface area (Å²) in [5.41, 5.74) is 5.60. The number of halogens is 1. The average Bonchev–Trinajstić information content (AvgIpc) is 2.28. The van der Waals surface area contributed by atoms with Gasteiger partial charge in [0.2, 0.25) is 0 Å². The van der Waals surface area contributed by atoms with Crippen molar-refractivity contribution in [2.45, 2.75) is 26.2 Å². The van der Waals surface area contributed by atoms with Crippen LogP contribution in [0.5, 0.6) is 0 Å². The second kappa shape index (κ2) is 7.57. The SMILES string of the molecule is CCCC(CCN)CNc1ncncc1Br. The molecule has 0 radical (unpaired) electrons. The van der Waals surface area contributed by atoms with E-state index in [0.717, 1.165) is 29.8 Å². The molecule has 16 heavy (non-hydrogen) atoms. The molecule has 1 atom stereocenters. The Kier molecular flexibility index (Phi) is 6.33. The molecule has 0 spiro atoms. The van der Waals surface area contributed by atoms with Crippen molar-refractivity contribution in [3.8, 4) is 0 Å². The molecule has 3 N–H and O–H groups in total. The Morgan fingerprint density at radius 1 is 1.50 bits per heavy atom. The fourth-order valence-electron chi connectivity index (χ4n) is 1.68. The van der Waals surface area contributed by atoms with E-state index < -0.39 is 0 Å². The molecule has 1 aromatic rings. The van der Waals surface area contributed by atoms with Crippen LogP contribution in [0.25, 0.3) is 0 Å². The lowest BCUT2D eigenvalue weighted by Gasteiger charge is -2.16. The Bertz CT molecular complexity index is 300. The first-order valence-electron chi connectivity index (χ1n) is 5.67. The third kappa shape index (κ3) is 4.45. The minimum Gasteiger partial charge on any atom is -0.369 e. The van der Waals surface area contributed by atoms with Gasteiger partial charge in [-0.1, -0.05) is 13.3 Å². The maximum absolute atomic E-state index is 5.60. The largest absolute Gasteiger partial charge is 0.369 e. The van der Waals surface area contributed by atoms with Crippen molar-refractivity contribution < 1.29 is 0 Å². The van der Waals surface area contributed by atoms with Crippen molar-refractivity contribution in [2.75, 3.05) is 18.4 Å². The number of nitrogens with one attached hydrogen (secondary N) is 1. The van der Waals surface area contributed by atoms with Crippen LogP contribution in [-0.2, 0) is 0 Å². The summed E-state index contributed by atoms with van der Waals surface area (Å²) in [5.74, 6) is 1.48. The van der Waals surface area contributed by atoms with Gasteiger partial charge in [0.1, 0.15) is 12.1 Å². The molecule has 0 aliphatic heterocycles. The van der Waals surface area contributed by atoms with Crippen LogP contribution in [0.15, 0.2) is 17.0 Å². The molecule has 0 saturated carbocycles. The van der Waals surface area contributed by atoms with E-state index in [-0.39, 0.29) is 0 Å². The van der Waals surface area contributed by atoms with Crippen molar-refractivity contribution in [1.29, 1.82) is 0 Å². The van der Waals surface area contributed by atoms with Gasteiger partial charge in [0.15, 0.2) is 0 Å². The lowest BCUT2D eigenvalue weighted by molar-refractivity contribution is 0.473. The van der Waals surface area contributed by atoms with Crippen LogP contribution in [0, 0.1) is 5.92 Å². The van der Waals surface area contributed by atoms with E-state index in [1.807, 2.05) is 0 Å². The molecule has 0 fully saturated rings. The standard InChI is InChI=1S/C11H19BrN4/c1-2-3-9(4-5-13)6-15-11-10(12)7-14-8-16-11/h7-9H,2-6,13H2,1H3,(H,14,15,16). The van der Waals surface area contributed by atoms with E-state index in [4.69, 9.17) is 5.73 Å². The van der Waals surface area contributed by atoms with Gasteiger partial charge in [0, 0.05) is 12.7 Å². The highest BCUT2D eigenvalue weighted by molar-refractivity contribution is 9.10. The van der Waals surface area contributed by atoms with Crippen molar-refractivity contribution >= 4 is 21.7 Å². The molecule has 90 valence electrons. The normalized spacial score (nSPS) is 12.4. The first-order chi connectivity index (χ1) is 7.77. The van der Waals surface area contributed by atoms with E-state index >= 15 is 0 Å².